The largest absolute Gasteiger partial charge is 0.348 e. The smallest absolute Gasteiger partial charge is 0.244 e. The van der Waals surface area contributed by atoms with Gasteiger partial charge in [0.25, 0.3) is 0 Å². The molecule has 1 heterocycles. The van der Waals surface area contributed by atoms with E-state index in [0.717, 1.165) is 23.3 Å². The molecule has 0 saturated heterocycles. The molecule has 1 amide bonds. The molecule has 0 aliphatic carbocycles. The van der Waals surface area contributed by atoms with Gasteiger partial charge in [-0.2, -0.15) is 4.80 Å². The SMILES string of the molecule is Cc1ccccc1-c1nnn(CC(=O)NC(C)c2ccc(F)cc2F)n1. The zero-order chi connectivity index (χ0) is 18.7. The highest BCUT2D eigenvalue weighted by molar-refractivity contribution is 5.76. The van der Waals surface area contributed by atoms with Crippen LogP contribution >= 0.6 is 0 Å². The van der Waals surface area contributed by atoms with Crippen molar-refractivity contribution >= 4 is 5.91 Å². The maximum absolute atomic E-state index is 13.8. The molecule has 6 nitrogen and oxygen atoms in total. The summed E-state index contributed by atoms with van der Waals surface area (Å²) in [5.74, 6) is -1.36. The number of tetrazole rings is 1. The van der Waals surface area contributed by atoms with Gasteiger partial charge in [-0.05, 0) is 30.7 Å². The third-order valence-electron chi connectivity index (χ3n) is 3.93. The molecule has 8 heteroatoms. The first-order valence-electron chi connectivity index (χ1n) is 8.02. The first kappa shape index (κ1) is 17.7. The number of carbonyl (C=O) groups is 1. The molecule has 0 saturated carbocycles. The number of aryl methyl sites for hydroxylation is 1. The molecular formula is C18H17F2N5O. The minimum atomic E-state index is -0.710. The molecule has 1 aromatic heterocycles. The van der Waals surface area contributed by atoms with Crippen molar-refractivity contribution in [2.75, 3.05) is 0 Å². The molecule has 1 unspecified atom stereocenters. The van der Waals surface area contributed by atoms with Gasteiger partial charge in [0.1, 0.15) is 18.2 Å². The maximum Gasteiger partial charge on any atom is 0.244 e. The van der Waals surface area contributed by atoms with Gasteiger partial charge in [-0.3, -0.25) is 4.79 Å². The van der Waals surface area contributed by atoms with Crippen LogP contribution in [-0.4, -0.2) is 26.1 Å². The van der Waals surface area contributed by atoms with Crippen molar-refractivity contribution in [3.8, 4) is 11.4 Å². The van der Waals surface area contributed by atoms with Gasteiger partial charge in [0, 0.05) is 17.2 Å². The summed E-state index contributed by atoms with van der Waals surface area (Å²) in [4.78, 5) is 13.3. The quantitative estimate of drug-likeness (QED) is 0.762. The molecule has 0 aliphatic heterocycles. The van der Waals surface area contributed by atoms with Gasteiger partial charge in [0.05, 0.1) is 6.04 Å². The van der Waals surface area contributed by atoms with Crippen LogP contribution in [0.15, 0.2) is 42.5 Å². The van der Waals surface area contributed by atoms with E-state index in [9.17, 15) is 13.6 Å². The number of nitrogens with one attached hydrogen (secondary N) is 1. The summed E-state index contributed by atoms with van der Waals surface area (Å²) >= 11 is 0. The fourth-order valence-electron chi connectivity index (χ4n) is 2.59. The molecule has 134 valence electrons. The number of carbonyl (C=O) groups excluding carboxylic acids is 1. The number of amides is 1. The molecule has 0 fully saturated rings. The van der Waals surface area contributed by atoms with E-state index >= 15 is 0 Å². The van der Waals surface area contributed by atoms with E-state index in [1.807, 2.05) is 31.2 Å². The number of halogens is 2. The molecule has 0 aliphatic rings. The molecule has 26 heavy (non-hydrogen) atoms. The summed E-state index contributed by atoms with van der Waals surface area (Å²) in [5.41, 5.74) is 2.03. The summed E-state index contributed by atoms with van der Waals surface area (Å²) in [6, 6.07) is 10.2. The highest BCUT2D eigenvalue weighted by Crippen LogP contribution is 2.19. The molecule has 0 spiro atoms. The van der Waals surface area contributed by atoms with Gasteiger partial charge in [0.2, 0.25) is 11.7 Å². The summed E-state index contributed by atoms with van der Waals surface area (Å²) in [7, 11) is 0. The fraction of sp³-hybridized carbons (Fsp3) is 0.222. The lowest BCUT2D eigenvalue weighted by atomic mass is 10.1. The third-order valence-corrected chi connectivity index (χ3v) is 3.93. The van der Waals surface area contributed by atoms with Crippen molar-refractivity contribution in [3.05, 3.63) is 65.2 Å². The second kappa shape index (κ2) is 7.38. The Morgan fingerprint density at radius 2 is 2.00 bits per heavy atom. The van der Waals surface area contributed by atoms with Crippen molar-refractivity contribution in [1.82, 2.24) is 25.5 Å². The summed E-state index contributed by atoms with van der Waals surface area (Å²) in [6.45, 7) is 3.38. The van der Waals surface area contributed by atoms with E-state index in [4.69, 9.17) is 0 Å². The normalized spacial score (nSPS) is 12.0. The summed E-state index contributed by atoms with van der Waals surface area (Å²) in [5, 5.41) is 14.7. The molecular weight excluding hydrogens is 340 g/mol. The van der Waals surface area contributed by atoms with Gasteiger partial charge in [-0.15, -0.1) is 10.2 Å². The Balaban J connectivity index is 1.66. The van der Waals surface area contributed by atoms with E-state index in [-0.39, 0.29) is 12.1 Å². The van der Waals surface area contributed by atoms with Crippen LogP contribution in [0.3, 0.4) is 0 Å². The highest BCUT2D eigenvalue weighted by atomic mass is 19.1. The zero-order valence-corrected chi connectivity index (χ0v) is 14.3. The first-order chi connectivity index (χ1) is 12.4. The minimum absolute atomic E-state index is 0.161. The number of rotatable bonds is 5. The number of hydrogen-bond donors (Lipinski definition) is 1. The third kappa shape index (κ3) is 3.90. The van der Waals surface area contributed by atoms with E-state index < -0.39 is 23.6 Å². The molecule has 2 aromatic carbocycles. The van der Waals surface area contributed by atoms with Gasteiger partial charge >= 0.3 is 0 Å². The van der Waals surface area contributed by atoms with Crippen LogP contribution in [-0.2, 0) is 11.3 Å². The summed E-state index contributed by atoms with van der Waals surface area (Å²) in [6.07, 6.45) is 0. The topological polar surface area (TPSA) is 72.7 Å². The number of aromatic nitrogens is 4. The van der Waals surface area contributed by atoms with Crippen LogP contribution in [0, 0.1) is 18.6 Å². The Kier molecular flexibility index (Phi) is 5.01. The standard InChI is InChI=1S/C18H17F2N5O/c1-11-5-3-4-6-14(11)18-22-24-25(23-18)10-17(26)21-12(2)15-8-7-13(19)9-16(15)20/h3-9,12H,10H2,1-2H3,(H,21,26). The average molecular weight is 357 g/mol. The van der Waals surface area contributed by atoms with Crippen LogP contribution in [0.5, 0.6) is 0 Å². The Hall–Kier alpha value is -3.16. The zero-order valence-electron chi connectivity index (χ0n) is 14.3. The minimum Gasteiger partial charge on any atom is -0.348 e. The number of nitrogens with zero attached hydrogens (tertiary/aromatic N) is 4. The molecule has 1 N–H and O–H groups in total. The fourth-order valence-corrected chi connectivity index (χ4v) is 2.59. The van der Waals surface area contributed by atoms with Crippen molar-refractivity contribution in [2.45, 2.75) is 26.4 Å². The molecule has 0 radical (unpaired) electrons. The van der Waals surface area contributed by atoms with E-state index in [1.54, 1.807) is 6.92 Å². The van der Waals surface area contributed by atoms with E-state index in [2.05, 4.69) is 20.7 Å². The summed E-state index contributed by atoms with van der Waals surface area (Å²) < 4.78 is 26.8. The number of hydrogen-bond acceptors (Lipinski definition) is 4. The van der Waals surface area contributed by atoms with Gasteiger partial charge < -0.3 is 5.32 Å². The van der Waals surface area contributed by atoms with Crippen LogP contribution in [0.1, 0.15) is 24.1 Å². The maximum atomic E-state index is 13.8. The van der Waals surface area contributed by atoms with E-state index in [1.165, 1.54) is 10.9 Å². The lowest BCUT2D eigenvalue weighted by molar-refractivity contribution is -0.122. The predicted octanol–water partition coefficient (Wildman–Crippen LogP) is 2.80. The van der Waals surface area contributed by atoms with Gasteiger partial charge in [-0.25, -0.2) is 8.78 Å². The molecule has 3 rings (SSSR count). The van der Waals surface area contributed by atoms with Crippen molar-refractivity contribution in [2.24, 2.45) is 0 Å². The average Bonchev–Trinajstić information content (AvgIpc) is 3.03. The van der Waals surface area contributed by atoms with E-state index in [0.29, 0.717) is 5.82 Å². The van der Waals surface area contributed by atoms with Gasteiger partial charge in [0.15, 0.2) is 0 Å². The van der Waals surface area contributed by atoms with Crippen molar-refractivity contribution in [1.29, 1.82) is 0 Å². The Morgan fingerprint density at radius 1 is 1.23 bits per heavy atom. The van der Waals surface area contributed by atoms with Gasteiger partial charge in [-0.1, -0.05) is 30.3 Å². The second-order valence-corrected chi connectivity index (χ2v) is 5.91. The Morgan fingerprint density at radius 3 is 2.73 bits per heavy atom. The van der Waals surface area contributed by atoms with Crippen molar-refractivity contribution in [3.63, 3.8) is 0 Å². The van der Waals surface area contributed by atoms with Crippen LogP contribution in [0.25, 0.3) is 11.4 Å². The lowest BCUT2D eigenvalue weighted by Gasteiger charge is -2.14. The predicted molar refractivity (Wildman–Crippen MR) is 90.9 cm³/mol. The molecule has 0 bridgehead atoms. The number of benzene rings is 2. The van der Waals surface area contributed by atoms with Crippen molar-refractivity contribution < 1.29 is 13.6 Å². The Labute approximate surface area is 148 Å². The molecule has 1 atom stereocenters. The molecule has 3 aromatic rings. The lowest BCUT2D eigenvalue weighted by Crippen LogP contribution is -2.31. The van der Waals surface area contributed by atoms with Crippen LogP contribution < -0.4 is 5.32 Å². The second-order valence-electron chi connectivity index (χ2n) is 5.91. The van der Waals surface area contributed by atoms with Crippen LogP contribution in [0.2, 0.25) is 0 Å². The highest BCUT2D eigenvalue weighted by Gasteiger charge is 2.16. The monoisotopic (exact) mass is 357 g/mol. The van der Waals surface area contributed by atoms with Crippen LogP contribution in [0.4, 0.5) is 8.78 Å². The first-order valence-corrected chi connectivity index (χ1v) is 8.02. The Bertz CT molecular complexity index is 941.